The molecule has 0 N–H and O–H groups in total. The molecule has 0 radical (unpaired) electrons. The third kappa shape index (κ3) is 5.52. The summed E-state index contributed by atoms with van der Waals surface area (Å²) >= 11 is 2.01. The van der Waals surface area contributed by atoms with Crippen LogP contribution >= 0.6 is 11.8 Å². The second kappa shape index (κ2) is 13.5. The third-order valence-corrected chi connectivity index (χ3v) is 17.3. The summed E-state index contributed by atoms with van der Waals surface area (Å²) in [5, 5.41) is 2.58. The number of fused-ring (bicyclic) bond motifs is 4. The van der Waals surface area contributed by atoms with Gasteiger partial charge in [0.1, 0.15) is 0 Å². The maximum Gasteiger partial charge on any atom is 0.0465 e. The van der Waals surface area contributed by atoms with E-state index in [1.165, 1.54) is 116 Å². The van der Waals surface area contributed by atoms with Crippen LogP contribution in [0.25, 0.3) is 33.0 Å². The summed E-state index contributed by atoms with van der Waals surface area (Å²) in [6.45, 7) is 9.80. The van der Waals surface area contributed by atoms with Crippen molar-refractivity contribution in [1.82, 2.24) is 0 Å². The van der Waals surface area contributed by atoms with E-state index in [0.29, 0.717) is 11.8 Å². The van der Waals surface area contributed by atoms with Crippen LogP contribution in [0.3, 0.4) is 0 Å². The maximum absolute atomic E-state index is 2.67. The van der Waals surface area contributed by atoms with E-state index in [1.807, 2.05) is 11.8 Å². The zero-order valence-electron chi connectivity index (χ0n) is 35.5. The molecule has 4 saturated carbocycles. The first kappa shape index (κ1) is 36.8. The minimum atomic E-state index is 0.0883. The maximum atomic E-state index is 2.67. The van der Waals surface area contributed by atoms with Crippen molar-refractivity contribution in [2.75, 3.05) is 4.90 Å². The van der Waals surface area contributed by atoms with Crippen molar-refractivity contribution in [3.8, 4) is 22.3 Å². The van der Waals surface area contributed by atoms with Crippen LogP contribution in [-0.4, -0.2) is 0 Å². The lowest BCUT2D eigenvalue weighted by Crippen LogP contribution is -2.57. The fourth-order valence-electron chi connectivity index (χ4n) is 13.4. The van der Waals surface area contributed by atoms with Gasteiger partial charge in [-0.05, 0) is 183 Å². The van der Waals surface area contributed by atoms with Gasteiger partial charge in [0.25, 0.3) is 0 Å². The molecule has 7 aromatic carbocycles. The minimum absolute atomic E-state index is 0.0883. The molecular weight excluding hydrogens is 743 g/mol. The van der Waals surface area contributed by atoms with E-state index in [4.69, 9.17) is 0 Å². The lowest BCUT2D eigenvalue weighted by atomic mass is 9.42. The number of anilines is 3. The Bertz CT molecular complexity index is 2780. The second-order valence-corrected chi connectivity index (χ2v) is 21.5. The molecule has 0 unspecified atom stereocenters. The molecule has 1 nitrogen and oxygen atoms in total. The highest BCUT2D eigenvalue weighted by atomic mass is 32.2. The molecule has 7 aromatic rings. The Morgan fingerprint density at radius 3 is 1.62 bits per heavy atom. The van der Waals surface area contributed by atoms with Crippen molar-refractivity contribution in [2.45, 2.75) is 98.7 Å². The first-order chi connectivity index (χ1) is 29.2. The van der Waals surface area contributed by atoms with E-state index in [9.17, 15) is 0 Å². The highest BCUT2D eigenvalue weighted by Gasteiger charge is 2.60. The van der Waals surface area contributed by atoms with E-state index >= 15 is 0 Å². The fourth-order valence-corrected chi connectivity index (χ4v) is 14.6. The van der Waals surface area contributed by atoms with Crippen molar-refractivity contribution < 1.29 is 0 Å². The van der Waals surface area contributed by atoms with Crippen molar-refractivity contribution in [2.24, 2.45) is 23.7 Å². The average Bonchev–Trinajstić information content (AvgIpc) is 3.27. The molecular formula is C58H55NS. The van der Waals surface area contributed by atoms with E-state index in [1.54, 1.807) is 11.1 Å². The van der Waals surface area contributed by atoms with E-state index in [-0.39, 0.29) is 16.2 Å². The van der Waals surface area contributed by atoms with Crippen LogP contribution in [-0.2, 0) is 16.2 Å². The van der Waals surface area contributed by atoms with Gasteiger partial charge in [-0.3, -0.25) is 0 Å². The quantitative estimate of drug-likeness (QED) is 0.171. The summed E-state index contributed by atoms with van der Waals surface area (Å²) in [6.07, 6.45) is 9.43. The Balaban J connectivity index is 1.02. The molecule has 1 heterocycles. The van der Waals surface area contributed by atoms with Crippen LogP contribution in [0.2, 0.25) is 0 Å². The predicted molar refractivity (Wildman–Crippen MR) is 253 cm³/mol. The molecule has 60 heavy (non-hydrogen) atoms. The number of hydrogen-bond donors (Lipinski definition) is 0. The van der Waals surface area contributed by atoms with Gasteiger partial charge < -0.3 is 4.90 Å². The Morgan fingerprint density at radius 2 is 0.950 bits per heavy atom. The van der Waals surface area contributed by atoms with Gasteiger partial charge in [0.05, 0.1) is 0 Å². The first-order valence-corrected chi connectivity index (χ1v) is 23.5. The van der Waals surface area contributed by atoms with Crippen LogP contribution in [0, 0.1) is 23.7 Å². The van der Waals surface area contributed by atoms with Gasteiger partial charge in [0.2, 0.25) is 0 Å². The fraction of sp³-hybridized carbons (Fsp3) is 0.310. The standard InChI is InChI=1S/C58H55NS/c1-56(2)28-29-57(3,4)52-35-44(22-26-50(52)56)59(43-20-18-40(19-21-43)47-25-24-46(39-12-6-5-7-13-39)48-14-8-9-15-49(47)48)45-23-27-55-53(36-45)58(51-16-10-11-17-54(51)60-55)41-31-37-30-38(33-41)34-42(58)32-37/h5-27,35-38,41-42H,28-34H2,1-4H3. The van der Waals surface area contributed by atoms with Gasteiger partial charge in [-0.25, -0.2) is 0 Å². The van der Waals surface area contributed by atoms with E-state index in [0.717, 1.165) is 11.8 Å². The van der Waals surface area contributed by atoms with Gasteiger partial charge in [0, 0.05) is 32.3 Å². The van der Waals surface area contributed by atoms with Crippen molar-refractivity contribution in [3.05, 3.63) is 174 Å². The van der Waals surface area contributed by atoms with Crippen LogP contribution in [0.15, 0.2) is 161 Å². The van der Waals surface area contributed by atoms with Gasteiger partial charge in [-0.15, -0.1) is 0 Å². The monoisotopic (exact) mass is 797 g/mol. The van der Waals surface area contributed by atoms with Gasteiger partial charge in [-0.2, -0.15) is 0 Å². The van der Waals surface area contributed by atoms with E-state index in [2.05, 4.69) is 184 Å². The van der Waals surface area contributed by atoms with Crippen LogP contribution in [0.4, 0.5) is 17.1 Å². The van der Waals surface area contributed by atoms with Crippen molar-refractivity contribution >= 4 is 39.6 Å². The third-order valence-electron chi connectivity index (χ3n) is 16.2. The molecule has 4 bridgehead atoms. The molecule has 0 atom stereocenters. The molecule has 1 spiro atoms. The summed E-state index contributed by atoms with van der Waals surface area (Å²) in [5.74, 6) is 3.26. The average molecular weight is 798 g/mol. The Morgan fingerprint density at radius 1 is 0.433 bits per heavy atom. The molecule has 0 saturated heterocycles. The molecule has 0 aromatic heterocycles. The van der Waals surface area contributed by atoms with Crippen molar-refractivity contribution in [1.29, 1.82) is 0 Å². The van der Waals surface area contributed by atoms with Crippen LogP contribution < -0.4 is 4.90 Å². The highest BCUT2D eigenvalue weighted by Crippen LogP contribution is 2.69. The molecule has 5 aliphatic carbocycles. The zero-order chi connectivity index (χ0) is 40.4. The Kier molecular flexibility index (Phi) is 8.26. The molecule has 13 rings (SSSR count). The van der Waals surface area contributed by atoms with Gasteiger partial charge in [-0.1, -0.05) is 143 Å². The molecule has 6 aliphatic rings. The van der Waals surface area contributed by atoms with E-state index < -0.39 is 0 Å². The molecule has 1 aliphatic heterocycles. The SMILES string of the molecule is CC1(C)CCC(C)(C)c2cc(N(c3ccc(-c4ccc(-c5ccccc5)c5ccccc45)cc3)c3ccc4c(c3)C3(c5ccccc5S4)C4CC5CC(C4)CC3C5)ccc21. The molecule has 298 valence electrons. The second-order valence-electron chi connectivity index (χ2n) is 20.4. The number of rotatable bonds is 5. The lowest BCUT2D eigenvalue weighted by Gasteiger charge is -2.63. The van der Waals surface area contributed by atoms with Crippen LogP contribution in [0.5, 0.6) is 0 Å². The van der Waals surface area contributed by atoms with Crippen molar-refractivity contribution in [3.63, 3.8) is 0 Å². The largest absolute Gasteiger partial charge is 0.310 e. The van der Waals surface area contributed by atoms with Gasteiger partial charge >= 0.3 is 0 Å². The smallest absolute Gasteiger partial charge is 0.0465 e. The summed E-state index contributed by atoms with van der Waals surface area (Å²) < 4.78 is 0. The number of nitrogens with zero attached hydrogens (tertiary/aromatic N) is 1. The topological polar surface area (TPSA) is 3.24 Å². The minimum Gasteiger partial charge on any atom is -0.310 e. The van der Waals surface area contributed by atoms with Gasteiger partial charge in [0.15, 0.2) is 0 Å². The predicted octanol–water partition coefficient (Wildman–Crippen LogP) is 16.2. The molecule has 0 amide bonds. The Hall–Kier alpha value is -5.05. The first-order valence-electron chi connectivity index (χ1n) is 22.7. The summed E-state index contributed by atoms with van der Waals surface area (Å²) in [5.41, 5.74) is 15.4. The normalized spacial score (nSPS) is 25.1. The molecule has 2 heteroatoms. The lowest BCUT2D eigenvalue weighted by molar-refractivity contribution is -0.0443. The Labute approximate surface area is 361 Å². The number of benzene rings is 7. The highest BCUT2D eigenvalue weighted by molar-refractivity contribution is 7.99. The number of hydrogen-bond acceptors (Lipinski definition) is 2. The summed E-state index contributed by atoms with van der Waals surface area (Å²) in [4.78, 5) is 5.55. The zero-order valence-corrected chi connectivity index (χ0v) is 36.4. The molecule has 4 fully saturated rings. The summed E-state index contributed by atoms with van der Waals surface area (Å²) in [7, 11) is 0. The summed E-state index contributed by atoms with van der Waals surface area (Å²) in [6, 6.07) is 58.4. The van der Waals surface area contributed by atoms with Crippen LogP contribution in [0.1, 0.15) is 94.9 Å².